The summed E-state index contributed by atoms with van der Waals surface area (Å²) in [5.41, 5.74) is 0.757. The van der Waals surface area contributed by atoms with Gasteiger partial charge in [0, 0.05) is 13.1 Å². The number of hydrogen-bond acceptors (Lipinski definition) is 1. The minimum atomic E-state index is 0.757. The van der Waals surface area contributed by atoms with Gasteiger partial charge in [-0.25, -0.2) is 0 Å². The van der Waals surface area contributed by atoms with Crippen molar-refractivity contribution >= 4 is 0 Å². The second kappa shape index (κ2) is 3.61. The molecule has 1 nitrogen and oxygen atoms in total. The molecule has 0 atom stereocenters. The molecule has 1 N–H and O–H groups in total. The first-order chi connectivity index (χ1) is 6.20. The summed E-state index contributed by atoms with van der Waals surface area (Å²) in [5, 5.41) is 3.43. The lowest BCUT2D eigenvalue weighted by molar-refractivity contribution is 0.0760. The Morgan fingerprint density at radius 1 is 1.23 bits per heavy atom. The van der Waals surface area contributed by atoms with Gasteiger partial charge in [0.25, 0.3) is 0 Å². The van der Waals surface area contributed by atoms with Crippen LogP contribution in [0.15, 0.2) is 0 Å². The fourth-order valence-electron chi connectivity index (χ4n) is 3.02. The molecular weight excluding hydrogens is 158 g/mol. The highest BCUT2D eigenvalue weighted by Gasteiger charge is 2.39. The molecule has 2 rings (SSSR count). The molecule has 76 valence electrons. The average Bonchev–Trinajstić information content (AvgIpc) is 2.02. The highest BCUT2D eigenvalue weighted by atomic mass is 15.0. The van der Waals surface area contributed by atoms with E-state index in [-0.39, 0.29) is 0 Å². The maximum Gasteiger partial charge on any atom is 0.00202 e. The molecule has 1 aliphatic heterocycles. The molecule has 1 saturated carbocycles. The fourth-order valence-corrected chi connectivity index (χ4v) is 3.02. The Labute approximate surface area is 82.3 Å². The standard InChI is InChI=1S/C12H23N/c1-10(2)7-11-3-5-12(6-4-11)8-13-9-12/h10-11,13H,3-9H2,1-2H3. The van der Waals surface area contributed by atoms with Crippen molar-refractivity contribution in [2.24, 2.45) is 17.3 Å². The highest BCUT2D eigenvalue weighted by Crippen LogP contribution is 2.43. The molecule has 1 spiro atoms. The minimum absolute atomic E-state index is 0.757. The summed E-state index contributed by atoms with van der Waals surface area (Å²) in [6.07, 6.45) is 7.46. The van der Waals surface area contributed by atoms with Crippen LogP contribution in [0.4, 0.5) is 0 Å². The molecule has 1 saturated heterocycles. The summed E-state index contributed by atoms with van der Waals surface area (Å²) >= 11 is 0. The van der Waals surface area contributed by atoms with Gasteiger partial charge in [-0.1, -0.05) is 13.8 Å². The largest absolute Gasteiger partial charge is 0.316 e. The van der Waals surface area contributed by atoms with Crippen molar-refractivity contribution in [2.75, 3.05) is 13.1 Å². The molecule has 1 heteroatoms. The maximum atomic E-state index is 3.43. The van der Waals surface area contributed by atoms with Gasteiger partial charge in [0.05, 0.1) is 0 Å². The quantitative estimate of drug-likeness (QED) is 0.690. The van der Waals surface area contributed by atoms with Crippen LogP contribution >= 0.6 is 0 Å². The molecule has 0 bridgehead atoms. The maximum absolute atomic E-state index is 3.43. The predicted molar refractivity (Wildman–Crippen MR) is 56.7 cm³/mol. The monoisotopic (exact) mass is 181 g/mol. The normalized spacial score (nSPS) is 27.9. The predicted octanol–water partition coefficient (Wildman–Crippen LogP) is 2.81. The molecule has 2 aliphatic rings. The first-order valence-electron chi connectivity index (χ1n) is 5.91. The molecule has 0 aromatic rings. The topological polar surface area (TPSA) is 12.0 Å². The summed E-state index contributed by atoms with van der Waals surface area (Å²) in [7, 11) is 0. The molecular formula is C12H23N. The summed E-state index contributed by atoms with van der Waals surface area (Å²) in [6.45, 7) is 7.33. The van der Waals surface area contributed by atoms with Gasteiger partial charge in [-0.15, -0.1) is 0 Å². The molecule has 0 amide bonds. The molecule has 0 aromatic heterocycles. The van der Waals surface area contributed by atoms with E-state index in [4.69, 9.17) is 0 Å². The van der Waals surface area contributed by atoms with Gasteiger partial charge in [0.1, 0.15) is 0 Å². The van der Waals surface area contributed by atoms with Gasteiger partial charge >= 0.3 is 0 Å². The van der Waals surface area contributed by atoms with Crippen LogP contribution in [0.3, 0.4) is 0 Å². The molecule has 1 aliphatic carbocycles. The highest BCUT2D eigenvalue weighted by molar-refractivity contribution is 4.95. The third-order valence-electron chi connectivity index (χ3n) is 3.97. The van der Waals surface area contributed by atoms with E-state index in [1.807, 2.05) is 0 Å². The van der Waals surface area contributed by atoms with Crippen molar-refractivity contribution in [3.05, 3.63) is 0 Å². The van der Waals surface area contributed by atoms with E-state index in [0.717, 1.165) is 17.3 Å². The van der Waals surface area contributed by atoms with Crippen LogP contribution in [-0.4, -0.2) is 13.1 Å². The molecule has 2 fully saturated rings. The summed E-state index contributed by atoms with van der Waals surface area (Å²) in [5.74, 6) is 1.95. The number of rotatable bonds is 2. The lowest BCUT2D eigenvalue weighted by Crippen LogP contribution is -2.54. The van der Waals surface area contributed by atoms with Crippen molar-refractivity contribution in [1.29, 1.82) is 0 Å². The van der Waals surface area contributed by atoms with Crippen LogP contribution in [0.1, 0.15) is 46.0 Å². The van der Waals surface area contributed by atoms with Crippen LogP contribution in [0.25, 0.3) is 0 Å². The summed E-state index contributed by atoms with van der Waals surface area (Å²) in [4.78, 5) is 0. The van der Waals surface area contributed by atoms with E-state index in [9.17, 15) is 0 Å². The van der Waals surface area contributed by atoms with Crippen molar-refractivity contribution < 1.29 is 0 Å². The average molecular weight is 181 g/mol. The van der Waals surface area contributed by atoms with Crippen LogP contribution in [0.2, 0.25) is 0 Å². The number of hydrogen-bond donors (Lipinski definition) is 1. The molecule has 1 heterocycles. The van der Waals surface area contributed by atoms with Crippen molar-refractivity contribution in [3.63, 3.8) is 0 Å². The second-order valence-corrected chi connectivity index (χ2v) is 5.68. The lowest BCUT2D eigenvalue weighted by Gasteiger charge is -2.47. The van der Waals surface area contributed by atoms with Crippen LogP contribution < -0.4 is 5.32 Å². The van der Waals surface area contributed by atoms with E-state index >= 15 is 0 Å². The van der Waals surface area contributed by atoms with Crippen molar-refractivity contribution in [1.82, 2.24) is 5.32 Å². The van der Waals surface area contributed by atoms with E-state index in [0.29, 0.717) is 0 Å². The zero-order valence-electron chi connectivity index (χ0n) is 9.10. The Kier molecular flexibility index (Phi) is 2.64. The smallest absolute Gasteiger partial charge is 0.00202 e. The van der Waals surface area contributed by atoms with E-state index in [1.54, 1.807) is 0 Å². The molecule has 0 unspecified atom stereocenters. The Morgan fingerprint density at radius 2 is 1.85 bits per heavy atom. The van der Waals surface area contributed by atoms with Crippen molar-refractivity contribution in [3.8, 4) is 0 Å². The fraction of sp³-hybridized carbons (Fsp3) is 1.00. The second-order valence-electron chi connectivity index (χ2n) is 5.68. The van der Waals surface area contributed by atoms with Gasteiger partial charge in [-0.2, -0.15) is 0 Å². The molecule has 0 radical (unpaired) electrons. The summed E-state index contributed by atoms with van der Waals surface area (Å²) in [6, 6.07) is 0. The van der Waals surface area contributed by atoms with E-state index in [1.165, 1.54) is 45.2 Å². The van der Waals surface area contributed by atoms with E-state index in [2.05, 4.69) is 19.2 Å². The Morgan fingerprint density at radius 3 is 2.23 bits per heavy atom. The van der Waals surface area contributed by atoms with Crippen LogP contribution in [0.5, 0.6) is 0 Å². The lowest BCUT2D eigenvalue weighted by atomic mass is 9.66. The third-order valence-corrected chi connectivity index (χ3v) is 3.97. The molecule has 0 aromatic carbocycles. The zero-order valence-corrected chi connectivity index (χ0v) is 9.10. The number of nitrogens with one attached hydrogen (secondary N) is 1. The van der Waals surface area contributed by atoms with Gasteiger partial charge in [0.15, 0.2) is 0 Å². The van der Waals surface area contributed by atoms with Crippen LogP contribution in [-0.2, 0) is 0 Å². The first kappa shape index (κ1) is 9.51. The Balaban J connectivity index is 1.76. The van der Waals surface area contributed by atoms with Gasteiger partial charge in [-0.3, -0.25) is 0 Å². The Bertz CT molecular complexity index is 160. The Hall–Kier alpha value is -0.0400. The van der Waals surface area contributed by atoms with Gasteiger partial charge in [0.2, 0.25) is 0 Å². The molecule has 13 heavy (non-hydrogen) atoms. The third kappa shape index (κ3) is 2.07. The first-order valence-corrected chi connectivity index (χ1v) is 5.91. The summed E-state index contributed by atoms with van der Waals surface area (Å²) < 4.78 is 0. The van der Waals surface area contributed by atoms with Crippen LogP contribution in [0, 0.1) is 17.3 Å². The van der Waals surface area contributed by atoms with E-state index < -0.39 is 0 Å². The minimum Gasteiger partial charge on any atom is -0.316 e. The zero-order chi connectivity index (χ0) is 9.31. The van der Waals surface area contributed by atoms with Crippen molar-refractivity contribution in [2.45, 2.75) is 46.0 Å². The van der Waals surface area contributed by atoms with Gasteiger partial charge < -0.3 is 5.32 Å². The van der Waals surface area contributed by atoms with Gasteiger partial charge in [-0.05, 0) is 49.4 Å². The SMILES string of the molecule is CC(C)CC1CCC2(CC1)CNC2.